The molecule has 0 radical (unpaired) electrons. The zero-order valence-corrected chi connectivity index (χ0v) is 27.2. The van der Waals surface area contributed by atoms with Gasteiger partial charge in [-0.25, -0.2) is 9.79 Å². The number of aryl methyl sites for hydroxylation is 1. The van der Waals surface area contributed by atoms with Crippen molar-refractivity contribution in [3.63, 3.8) is 0 Å². The van der Waals surface area contributed by atoms with Gasteiger partial charge in [0.15, 0.2) is 0 Å². The molecule has 1 aliphatic rings. The van der Waals surface area contributed by atoms with Gasteiger partial charge < -0.3 is 14.6 Å². The van der Waals surface area contributed by atoms with Gasteiger partial charge in [0.2, 0.25) is 0 Å². The number of carbonyl (C=O) groups is 2. The summed E-state index contributed by atoms with van der Waals surface area (Å²) in [5.74, 6) is 0.0799. The summed E-state index contributed by atoms with van der Waals surface area (Å²) in [6.07, 6.45) is 4.73. The minimum atomic E-state index is -0.328. The molecule has 0 bridgehead atoms. The Kier molecular flexibility index (Phi) is 8.95. The van der Waals surface area contributed by atoms with E-state index in [1.807, 2.05) is 37.4 Å². The molecule has 4 aromatic rings. The van der Waals surface area contributed by atoms with Crippen molar-refractivity contribution in [3.05, 3.63) is 98.1 Å². The Bertz CT molecular complexity index is 1680. The van der Waals surface area contributed by atoms with E-state index in [0.29, 0.717) is 34.4 Å². The Morgan fingerprint density at radius 2 is 1.81 bits per heavy atom. The van der Waals surface area contributed by atoms with Gasteiger partial charge in [0.25, 0.3) is 5.91 Å². The number of rotatable bonds is 7. The van der Waals surface area contributed by atoms with Crippen LogP contribution in [0.25, 0.3) is 5.69 Å². The van der Waals surface area contributed by atoms with Gasteiger partial charge in [0.1, 0.15) is 5.00 Å². The molecule has 1 atom stereocenters. The van der Waals surface area contributed by atoms with Crippen LogP contribution < -0.4 is 5.32 Å². The normalized spacial score (nSPS) is 15.0. The van der Waals surface area contributed by atoms with Gasteiger partial charge in [-0.1, -0.05) is 32.4 Å². The number of esters is 1. The van der Waals surface area contributed by atoms with Crippen LogP contribution in [-0.4, -0.2) is 29.3 Å². The summed E-state index contributed by atoms with van der Waals surface area (Å²) in [5, 5.41) is 4.42. The molecule has 0 unspecified atom stereocenters. The molecule has 224 valence electrons. The van der Waals surface area contributed by atoms with Crippen LogP contribution in [0, 0.1) is 25.2 Å². The fourth-order valence-electron chi connectivity index (χ4n) is 5.77. The first-order valence-corrected chi connectivity index (χ1v) is 15.9. The van der Waals surface area contributed by atoms with E-state index in [2.05, 4.69) is 43.6 Å². The summed E-state index contributed by atoms with van der Waals surface area (Å²) in [5.41, 5.74) is 7.19. The molecule has 0 saturated heterocycles. The topological polar surface area (TPSA) is 72.7 Å². The number of nitrogens with zero attached hydrogens (tertiary/aromatic N) is 2. The van der Waals surface area contributed by atoms with Crippen molar-refractivity contribution in [3.8, 4) is 5.69 Å². The van der Waals surface area contributed by atoms with E-state index >= 15 is 0 Å². The van der Waals surface area contributed by atoms with E-state index in [0.717, 1.165) is 52.5 Å². The number of carbonyl (C=O) groups excluding carboxylic acids is 2. The Morgan fingerprint density at radius 3 is 2.47 bits per heavy atom. The highest BCUT2D eigenvalue weighted by Crippen LogP contribution is 2.45. The highest BCUT2D eigenvalue weighted by atomic mass is 35.5. The molecule has 1 aliphatic carbocycles. The lowest BCUT2D eigenvalue weighted by Gasteiger charge is -2.33. The molecular weight excluding hydrogens is 578 g/mol. The number of amides is 1. The largest absolute Gasteiger partial charge is 0.462 e. The zero-order chi connectivity index (χ0) is 30.9. The maximum Gasteiger partial charge on any atom is 0.338 e. The van der Waals surface area contributed by atoms with Gasteiger partial charge in [-0.3, -0.25) is 4.79 Å². The Hall–Kier alpha value is -3.68. The molecular formula is C35H38ClN3O3S. The third kappa shape index (κ3) is 6.63. The van der Waals surface area contributed by atoms with Gasteiger partial charge in [-0.05, 0) is 112 Å². The van der Waals surface area contributed by atoms with Gasteiger partial charge >= 0.3 is 5.97 Å². The van der Waals surface area contributed by atoms with Crippen molar-refractivity contribution in [1.82, 2.24) is 4.57 Å². The standard InChI is InChI=1S/C35H38ClN3O3S/c1-7-42-34(41)23-8-15-28(16-9-23)39-21(2)18-24(22(39)3)20-37-33-31(32(40)38-27-13-11-26(36)12-14-27)29-17-10-25(35(4,5)6)19-30(29)43-33/h8-9,11-16,18,20,25H,7,10,17,19H2,1-6H3,(H,38,40)/t25-/m0/s1. The van der Waals surface area contributed by atoms with Gasteiger partial charge in [0.05, 0.1) is 17.7 Å². The van der Waals surface area contributed by atoms with E-state index in [-0.39, 0.29) is 17.3 Å². The second-order valence-electron chi connectivity index (χ2n) is 12.1. The molecule has 1 N–H and O–H groups in total. The number of thiophene rings is 1. The molecule has 0 fully saturated rings. The van der Waals surface area contributed by atoms with Gasteiger partial charge in [-0.2, -0.15) is 0 Å². The first-order valence-electron chi connectivity index (χ1n) is 14.7. The Labute approximate surface area is 262 Å². The molecule has 1 amide bonds. The van der Waals surface area contributed by atoms with Crippen molar-refractivity contribution >= 4 is 51.7 Å². The van der Waals surface area contributed by atoms with Gasteiger partial charge in [-0.15, -0.1) is 11.3 Å². The van der Waals surface area contributed by atoms with Crippen LogP contribution in [0.2, 0.25) is 5.02 Å². The molecule has 2 aromatic carbocycles. The molecule has 2 heterocycles. The van der Waals surface area contributed by atoms with Crippen molar-refractivity contribution in [2.45, 2.75) is 60.8 Å². The molecule has 0 spiro atoms. The van der Waals surface area contributed by atoms with E-state index in [1.165, 1.54) is 4.88 Å². The van der Waals surface area contributed by atoms with Gasteiger partial charge in [0, 0.05) is 44.4 Å². The number of aromatic nitrogens is 1. The number of hydrogen-bond acceptors (Lipinski definition) is 5. The number of hydrogen-bond donors (Lipinski definition) is 1. The zero-order valence-electron chi connectivity index (χ0n) is 25.6. The monoisotopic (exact) mass is 615 g/mol. The quantitative estimate of drug-likeness (QED) is 0.166. The maximum atomic E-state index is 13.7. The van der Waals surface area contributed by atoms with E-state index in [4.69, 9.17) is 21.3 Å². The number of ether oxygens (including phenoxy) is 1. The van der Waals surface area contributed by atoms with Crippen LogP contribution in [0.15, 0.2) is 59.6 Å². The molecule has 43 heavy (non-hydrogen) atoms. The second-order valence-corrected chi connectivity index (χ2v) is 13.7. The highest BCUT2D eigenvalue weighted by Gasteiger charge is 2.33. The van der Waals surface area contributed by atoms with E-state index < -0.39 is 0 Å². The first kappa shape index (κ1) is 30.8. The number of halogens is 1. The molecule has 0 aliphatic heterocycles. The second kappa shape index (κ2) is 12.5. The average molecular weight is 616 g/mol. The Morgan fingerprint density at radius 1 is 1.12 bits per heavy atom. The van der Waals surface area contributed by atoms with Crippen molar-refractivity contribution in [1.29, 1.82) is 0 Å². The fraction of sp³-hybridized carbons (Fsp3) is 0.343. The molecule has 2 aromatic heterocycles. The molecule has 0 saturated carbocycles. The third-order valence-corrected chi connectivity index (χ3v) is 9.64. The van der Waals surface area contributed by atoms with Crippen molar-refractivity contribution in [2.24, 2.45) is 16.3 Å². The van der Waals surface area contributed by atoms with Crippen LogP contribution in [0.3, 0.4) is 0 Å². The van der Waals surface area contributed by atoms with E-state index in [1.54, 1.807) is 42.5 Å². The lowest BCUT2D eigenvalue weighted by molar-refractivity contribution is 0.0526. The van der Waals surface area contributed by atoms with Crippen LogP contribution in [0.4, 0.5) is 10.7 Å². The number of nitrogens with one attached hydrogen (secondary N) is 1. The van der Waals surface area contributed by atoms with Crippen molar-refractivity contribution < 1.29 is 14.3 Å². The fourth-order valence-corrected chi connectivity index (χ4v) is 7.16. The summed E-state index contributed by atoms with van der Waals surface area (Å²) in [4.78, 5) is 32.0. The predicted octanol–water partition coefficient (Wildman–Crippen LogP) is 9.14. The lowest BCUT2D eigenvalue weighted by Crippen LogP contribution is -2.27. The predicted molar refractivity (Wildman–Crippen MR) is 177 cm³/mol. The van der Waals surface area contributed by atoms with Crippen LogP contribution >= 0.6 is 22.9 Å². The Balaban J connectivity index is 1.48. The summed E-state index contributed by atoms with van der Waals surface area (Å²) < 4.78 is 7.26. The summed E-state index contributed by atoms with van der Waals surface area (Å²) >= 11 is 7.70. The summed E-state index contributed by atoms with van der Waals surface area (Å²) in [7, 11) is 0. The third-order valence-electron chi connectivity index (χ3n) is 8.23. The smallest absolute Gasteiger partial charge is 0.338 e. The van der Waals surface area contributed by atoms with Crippen LogP contribution in [0.1, 0.15) is 82.2 Å². The van der Waals surface area contributed by atoms with Crippen molar-refractivity contribution in [2.75, 3.05) is 11.9 Å². The number of benzene rings is 2. The summed E-state index contributed by atoms with van der Waals surface area (Å²) in [6.45, 7) is 13.1. The number of anilines is 1. The molecule has 8 heteroatoms. The molecule has 6 nitrogen and oxygen atoms in total. The average Bonchev–Trinajstić information content (AvgIpc) is 3.48. The SMILES string of the molecule is CCOC(=O)c1ccc(-n2c(C)cc(C=Nc3sc4c(c3C(=O)Nc3ccc(Cl)cc3)CC[C@H](C(C)(C)C)C4)c2C)cc1. The van der Waals surface area contributed by atoms with E-state index in [9.17, 15) is 9.59 Å². The maximum absolute atomic E-state index is 13.7. The first-order chi connectivity index (χ1) is 20.5. The lowest BCUT2D eigenvalue weighted by atomic mass is 9.72. The van der Waals surface area contributed by atoms with Crippen LogP contribution in [-0.2, 0) is 17.6 Å². The highest BCUT2D eigenvalue weighted by molar-refractivity contribution is 7.16. The minimum Gasteiger partial charge on any atom is -0.462 e. The minimum absolute atomic E-state index is 0.145. The number of aliphatic imine (C=N–C) groups is 1. The number of fused-ring (bicyclic) bond motifs is 1. The summed E-state index contributed by atoms with van der Waals surface area (Å²) in [6, 6.07) is 16.7. The molecule has 5 rings (SSSR count). The van der Waals surface area contributed by atoms with Crippen LogP contribution in [0.5, 0.6) is 0 Å².